The Hall–Kier alpha value is -2.97. The van der Waals surface area contributed by atoms with Crippen molar-refractivity contribution in [3.8, 4) is 0 Å². The molecule has 2 atom stereocenters. The predicted molar refractivity (Wildman–Crippen MR) is 222 cm³/mol. The average Bonchev–Trinajstić information content (AvgIpc) is 3.12. The van der Waals surface area contributed by atoms with Crippen LogP contribution in [0.15, 0.2) is 60.8 Å². The lowest BCUT2D eigenvalue weighted by atomic mass is 10.1. The maximum Gasteiger partial charge on any atom is 0.306 e. The van der Waals surface area contributed by atoms with Crippen molar-refractivity contribution in [1.82, 2.24) is 0 Å². The number of allylic oxidation sites excluding steroid dienone is 10. The van der Waals surface area contributed by atoms with E-state index in [0.29, 0.717) is 12.8 Å². The smallest absolute Gasteiger partial charge is 0.306 e. The van der Waals surface area contributed by atoms with E-state index in [0.717, 1.165) is 64.2 Å². The Morgan fingerprint density at radius 2 is 1.06 bits per heavy atom. The number of likely N-dealkylation sites (N-methyl/N-ethyl adjacent to an activating group) is 1. The second kappa shape index (κ2) is 37.0. The molecule has 0 fully saturated rings. The average molecular weight is 758 g/mol. The third-order valence-corrected chi connectivity index (χ3v) is 9.23. The molecule has 0 aromatic carbocycles. The summed E-state index contributed by atoms with van der Waals surface area (Å²) in [5.74, 6) is -1.78. The van der Waals surface area contributed by atoms with Gasteiger partial charge in [-0.2, -0.15) is 0 Å². The largest absolute Gasteiger partial charge is 0.544 e. The van der Waals surface area contributed by atoms with Crippen LogP contribution in [0.3, 0.4) is 0 Å². The van der Waals surface area contributed by atoms with Crippen molar-refractivity contribution in [1.29, 1.82) is 0 Å². The molecule has 54 heavy (non-hydrogen) atoms. The number of quaternary nitrogens is 1. The summed E-state index contributed by atoms with van der Waals surface area (Å²) in [6.45, 7) is 4.47. The Morgan fingerprint density at radius 1 is 0.574 bits per heavy atom. The van der Waals surface area contributed by atoms with Gasteiger partial charge < -0.3 is 28.6 Å². The number of rotatable bonds is 37. The van der Waals surface area contributed by atoms with E-state index in [2.05, 4.69) is 44.2 Å². The van der Waals surface area contributed by atoms with E-state index in [4.69, 9.17) is 14.2 Å². The lowest BCUT2D eigenvalue weighted by molar-refractivity contribution is -0.889. The quantitative estimate of drug-likeness (QED) is 0.0204. The Bertz CT molecular complexity index is 1070. The molecule has 0 N–H and O–H groups in total. The number of carbonyl (C=O) groups is 3. The minimum atomic E-state index is -1.13. The van der Waals surface area contributed by atoms with E-state index in [-0.39, 0.29) is 42.7 Å². The summed E-state index contributed by atoms with van der Waals surface area (Å²) in [6, 6.07) is -0.731. The van der Waals surface area contributed by atoms with E-state index in [1.807, 2.05) is 30.4 Å². The van der Waals surface area contributed by atoms with Gasteiger partial charge in [-0.05, 0) is 57.8 Å². The molecule has 0 aliphatic carbocycles. The van der Waals surface area contributed by atoms with Crippen molar-refractivity contribution in [2.45, 2.75) is 174 Å². The molecule has 2 unspecified atom stereocenters. The van der Waals surface area contributed by atoms with Crippen LogP contribution >= 0.6 is 0 Å². The number of nitrogens with zero attached hydrogens (tertiary/aromatic N) is 1. The summed E-state index contributed by atoms with van der Waals surface area (Å²) < 4.78 is 17.1. The maximum atomic E-state index is 12.7. The Morgan fingerprint density at radius 3 is 1.59 bits per heavy atom. The standard InChI is InChI=1S/C46H79NO7/c1-6-8-10-12-14-16-18-20-22-24-26-28-30-32-34-36-44(48)53-41-42(40-52-39-38-43(46(50)51)47(3,4)5)54-45(49)37-35-33-31-29-27-25-23-21-19-17-15-13-11-9-7-2/h8,10,12,14,16-20,22,42-43H,6-7,9,11,13,15,21,23-41H2,1-5H3/b10-8+,14-12+,18-16+,19-17+,22-20+. The molecule has 0 spiro atoms. The summed E-state index contributed by atoms with van der Waals surface area (Å²) >= 11 is 0. The van der Waals surface area contributed by atoms with Crippen molar-refractivity contribution in [3.63, 3.8) is 0 Å². The molecule has 310 valence electrons. The summed E-state index contributed by atoms with van der Waals surface area (Å²) in [4.78, 5) is 36.8. The molecule has 0 saturated heterocycles. The van der Waals surface area contributed by atoms with E-state index < -0.39 is 18.1 Å². The van der Waals surface area contributed by atoms with Gasteiger partial charge in [0.05, 0.1) is 40.3 Å². The summed E-state index contributed by atoms with van der Waals surface area (Å²) in [7, 11) is 5.39. The number of hydrogen-bond acceptors (Lipinski definition) is 7. The normalized spacial score (nSPS) is 13.6. The molecule has 0 heterocycles. The highest BCUT2D eigenvalue weighted by molar-refractivity contribution is 5.70. The van der Waals surface area contributed by atoms with Crippen LogP contribution in [-0.4, -0.2) is 75.5 Å². The fourth-order valence-corrected chi connectivity index (χ4v) is 5.90. The minimum Gasteiger partial charge on any atom is -0.544 e. The summed E-state index contributed by atoms with van der Waals surface area (Å²) in [5, 5.41) is 11.6. The van der Waals surface area contributed by atoms with Gasteiger partial charge in [-0.1, -0.05) is 145 Å². The lowest BCUT2D eigenvalue weighted by Crippen LogP contribution is -2.55. The van der Waals surface area contributed by atoms with Crippen LogP contribution in [-0.2, 0) is 28.6 Å². The van der Waals surface area contributed by atoms with E-state index in [1.54, 1.807) is 21.1 Å². The van der Waals surface area contributed by atoms with Crippen LogP contribution in [0.1, 0.15) is 162 Å². The predicted octanol–water partition coefficient (Wildman–Crippen LogP) is 10.1. The second-order valence-electron chi connectivity index (χ2n) is 15.3. The molecule has 0 bridgehead atoms. The van der Waals surface area contributed by atoms with Crippen LogP contribution in [0.5, 0.6) is 0 Å². The number of carbonyl (C=O) groups excluding carboxylic acids is 3. The molecule has 0 aromatic rings. The Kier molecular flexibility index (Phi) is 34.9. The zero-order chi connectivity index (χ0) is 40.0. The van der Waals surface area contributed by atoms with Gasteiger partial charge in [0, 0.05) is 19.3 Å². The molecule has 0 amide bonds. The molecular weight excluding hydrogens is 679 g/mol. The van der Waals surface area contributed by atoms with Crippen molar-refractivity contribution in [2.75, 3.05) is 41.0 Å². The topological polar surface area (TPSA) is 102 Å². The number of carboxylic acid groups (broad SMARTS) is 1. The first kappa shape index (κ1) is 51.0. The van der Waals surface area contributed by atoms with Gasteiger partial charge in [0.25, 0.3) is 0 Å². The molecule has 0 aliphatic rings. The molecule has 8 nitrogen and oxygen atoms in total. The number of hydrogen-bond donors (Lipinski definition) is 0. The molecular formula is C46H79NO7. The minimum absolute atomic E-state index is 0.0290. The third-order valence-electron chi connectivity index (χ3n) is 9.23. The van der Waals surface area contributed by atoms with Crippen LogP contribution in [0, 0.1) is 0 Å². The molecule has 0 aromatic heterocycles. The number of esters is 2. The molecule has 0 aliphatic heterocycles. The van der Waals surface area contributed by atoms with E-state index >= 15 is 0 Å². The Balaban J connectivity index is 4.42. The van der Waals surface area contributed by atoms with Gasteiger partial charge in [-0.3, -0.25) is 9.59 Å². The zero-order valence-electron chi connectivity index (χ0n) is 35.1. The molecule has 0 saturated carbocycles. The van der Waals surface area contributed by atoms with Gasteiger partial charge in [-0.15, -0.1) is 0 Å². The SMILES string of the molecule is CC/C=C/C=C/C=C/C=C/CCCCCCCC(=O)OCC(COCCC(C(=O)[O-])[N+](C)(C)C)OC(=O)CCCCCCCCC/C=C/CCCCCC. The maximum absolute atomic E-state index is 12.7. The van der Waals surface area contributed by atoms with Crippen molar-refractivity contribution in [2.24, 2.45) is 0 Å². The van der Waals surface area contributed by atoms with Crippen molar-refractivity contribution >= 4 is 17.9 Å². The highest BCUT2D eigenvalue weighted by Gasteiger charge is 2.25. The van der Waals surface area contributed by atoms with Gasteiger partial charge >= 0.3 is 11.9 Å². The van der Waals surface area contributed by atoms with Crippen LogP contribution in [0.4, 0.5) is 0 Å². The molecule has 0 radical (unpaired) electrons. The third kappa shape index (κ3) is 34.8. The molecule has 8 heteroatoms. The summed E-state index contributed by atoms with van der Waals surface area (Å²) in [6.07, 6.45) is 43.8. The fourth-order valence-electron chi connectivity index (χ4n) is 5.90. The monoisotopic (exact) mass is 758 g/mol. The number of aliphatic carboxylic acids is 1. The Labute approximate surface area is 330 Å². The van der Waals surface area contributed by atoms with E-state index in [9.17, 15) is 19.5 Å². The van der Waals surface area contributed by atoms with Crippen LogP contribution < -0.4 is 5.11 Å². The molecule has 0 rings (SSSR count). The van der Waals surface area contributed by atoms with Gasteiger partial charge in [-0.25, -0.2) is 0 Å². The lowest BCUT2D eigenvalue weighted by Gasteiger charge is -2.34. The first-order valence-electron chi connectivity index (χ1n) is 21.4. The number of carboxylic acids is 1. The summed E-state index contributed by atoms with van der Waals surface area (Å²) in [5.41, 5.74) is 0. The highest BCUT2D eigenvalue weighted by atomic mass is 16.6. The van der Waals surface area contributed by atoms with Crippen LogP contribution in [0.2, 0.25) is 0 Å². The number of ether oxygens (including phenoxy) is 3. The highest BCUT2D eigenvalue weighted by Crippen LogP contribution is 2.13. The van der Waals surface area contributed by atoms with E-state index in [1.165, 1.54) is 64.2 Å². The van der Waals surface area contributed by atoms with Crippen molar-refractivity contribution < 1.29 is 38.2 Å². The first-order chi connectivity index (χ1) is 26.1. The number of unbranched alkanes of at least 4 members (excludes halogenated alkanes) is 16. The van der Waals surface area contributed by atoms with Gasteiger partial charge in [0.2, 0.25) is 0 Å². The second-order valence-corrected chi connectivity index (χ2v) is 15.3. The first-order valence-corrected chi connectivity index (χ1v) is 21.4. The zero-order valence-corrected chi connectivity index (χ0v) is 35.1. The van der Waals surface area contributed by atoms with Gasteiger partial charge in [0.15, 0.2) is 6.10 Å². The fraction of sp³-hybridized carbons (Fsp3) is 0.717. The van der Waals surface area contributed by atoms with Crippen molar-refractivity contribution in [3.05, 3.63) is 60.8 Å². The van der Waals surface area contributed by atoms with Gasteiger partial charge in [0.1, 0.15) is 12.6 Å². The van der Waals surface area contributed by atoms with Crippen LogP contribution in [0.25, 0.3) is 0 Å².